The fourth-order valence-corrected chi connectivity index (χ4v) is 4.51. The van der Waals surface area contributed by atoms with Crippen LogP contribution in [0.1, 0.15) is 28.8 Å². The van der Waals surface area contributed by atoms with Crippen LogP contribution in [0, 0.1) is 0 Å². The van der Waals surface area contributed by atoms with Crippen molar-refractivity contribution in [3.8, 4) is 0 Å². The Hall–Kier alpha value is -2.39. The Morgan fingerprint density at radius 1 is 1.22 bits per heavy atom. The molecule has 0 spiro atoms. The second-order valence-electron chi connectivity index (χ2n) is 6.73. The first-order chi connectivity index (χ1) is 14.9. The number of allylic oxidation sites excluding steroid dienone is 3. The van der Waals surface area contributed by atoms with Gasteiger partial charge in [-0.1, -0.05) is 60.6 Å². The van der Waals surface area contributed by atoms with Gasteiger partial charge in [-0.15, -0.1) is 0 Å². The molecule has 0 aromatic heterocycles. The Kier molecular flexibility index (Phi) is 10.9. The Morgan fingerprint density at radius 3 is 2.28 bits per heavy atom. The van der Waals surface area contributed by atoms with Crippen LogP contribution in [-0.4, -0.2) is 37.3 Å². The van der Waals surface area contributed by atoms with Gasteiger partial charge in [-0.25, -0.2) is 12.8 Å². The third kappa shape index (κ3) is 7.94. The smallest absolute Gasteiger partial charge is 0.251 e. The third-order valence-electron chi connectivity index (χ3n) is 4.27. The van der Waals surface area contributed by atoms with Crippen LogP contribution in [0.25, 0.3) is 0 Å². The zero-order valence-corrected chi connectivity index (χ0v) is 19.9. The fourth-order valence-electron chi connectivity index (χ4n) is 2.59. The zero-order valence-electron chi connectivity index (χ0n) is 17.6. The van der Waals surface area contributed by atoms with Crippen molar-refractivity contribution < 1.29 is 22.7 Å². The highest BCUT2D eigenvalue weighted by Crippen LogP contribution is 2.26. The number of hydrogen-bond acceptors (Lipinski definition) is 4. The van der Waals surface area contributed by atoms with Gasteiger partial charge in [0.2, 0.25) is 10.0 Å². The number of sulfonamides is 1. The molecule has 1 rings (SSSR count). The zero-order chi connectivity index (χ0) is 24.5. The van der Waals surface area contributed by atoms with Gasteiger partial charge in [0.15, 0.2) is 5.76 Å². The van der Waals surface area contributed by atoms with E-state index in [0.717, 1.165) is 15.9 Å². The van der Waals surface area contributed by atoms with Crippen LogP contribution in [-0.2, 0) is 16.6 Å². The van der Waals surface area contributed by atoms with Crippen molar-refractivity contribution in [3.05, 3.63) is 93.8 Å². The lowest BCUT2D eigenvalue weighted by atomic mass is 10.1. The highest BCUT2D eigenvalue weighted by atomic mass is 35.5. The summed E-state index contributed by atoms with van der Waals surface area (Å²) in [7, 11) is -2.84. The van der Waals surface area contributed by atoms with E-state index in [1.54, 1.807) is 24.3 Å². The molecule has 1 aromatic rings. The topological polar surface area (TPSA) is 86.7 Å². The molecule has 2 N–H and O–H groups in total. The van der Waals surface area contributed by atoms with Crippen molar-refractivity contribution in [2.24, 2.45) is 0 Å². The Morgan fingerprint density at radius 2 is 1.81 bits per heavy atom. The molecule has 0 saturated carbocycles. The fraction of sp³-hybridized carbons (Fsp3) is 0.227. The molecule has 0 radical (unpaired) electrons. The maximum atomic E-state index is 13.4. The van der Waals surface area contributed by atoms with Crippen molar-refractivity contribution in [2.75, 3.05) is 13.6 Å². The number of benzene rings is 1. The van der Waals surface area contributed by atoms with Gasteiger partial charge in [-0.2, -0.15) is 4.31 Å². The highest BCUT2D eigenvalue weighted by molar-refractivity contribution is 7.93. The Balaban J connectivity index is 3.40. The lowest BCUT2D eigenvalue weighted by Crippen LogP contribution is -2.33. The molecule has 0 aliphatic heterocycles. The summed E-state index contributed by atoms with van der Waals surface area (Å²) in [6.07, 6.45) is 1.16. The predicted molar refractivity (Wildman–Crippen MR) is 127 cm³/mol. The first kappa shape index (κ1) is 27.6. The summed E-state index contributed by atoms with van der Waals surface area (Å²) in [5, 5.41) is 12.3. The van der Waals surface area contributed by atoms with Gasteiger partial charge in [0.25, 0.3) is 5.91 Å². The van der Waals surface area contributed by atoms with Crippen LogP contribution < -0.4 is 5.32 Å². The first-order valence-electron chi connectivity index (χ1n) is 9.29. The number of carbonyl (C=O) groups excluding carboxylic acids is 1. The van der Waals surface area contributed by atoms with Crippen molar-refractivity contribution in [1.82, 2.24) is 9.62 Å². The van der Waals surface area contributed by atoms with E-state index >= 15 is 0 Å². The number of carbonyl (C=O) groups is 1. The molecule has 0 aliphatic carbocycles. The van der Waals surface area contributed by atoms with Gasteiger partial charge >= 0.3 is 0 Å². The quantitative estimate of drug-likeness (QED) is 0.231. The van der Waals surface area contributed by atoms with E-state index in [-0.39, 0.29) is 36.9 Å². The molecule has 0 bridgehead atoms. The van der Waals surface area contributed by atoms with Gasteiger partial charge in [-0.05, 0) is 30.2 Å². The molecule has 0 heterocycles. The van der Waals surface area contributed by atoms with Crippen LogP contribution >= 0.6 is 23.2 Å². The minimum Gasteiger partial charge on any atom is -0.505 e. The van der Waals surface area contributed by atoms with Gasteiger partial charge in [-0.3, -0.25) is 4.79 Å². The average molecular weight is 503 g/mol. The van der Waals surface area contributed by atoms with Crippen LogP contribution in [0.5, 0.6) is 0 Å². The number of amides is 1. The molecule has 1 amide bonds. The molecule has 0 atom stereocenters. The minimum atomic E-state index is -4.34. The molecule has 6 nitrogen and oxygen atoms in total. The summed E-state index contributed by atoms with van der Waals surface area (Å²) in [5.74, 6) is -1.60. The largest absolute Gasteiger partial charge is 0.505 e. The van der Waals surface area contributed by atoms with E-state index < -0.39 is 26.5 Å². The van der Waals surface area contributed by atoms with Gasteiger partial charge < -0.3 is 10.4 Å². The van der Waals surface area contributed by atoms with Gasteiger partial charge in [0.1, 0.15) is 4.91 Å². The Bertz CT molecular complexity index is 1050. The molecule has 32 heavy (non-hydrogen) atoms. The van der Waals surface area contributed by atoms with E-state index in [9.17, 15) is 22.7 Å². The van der Waals surface area contributed by atoms with Gasteiger partial charge in [0, 0.05) is 37.7 Å². The van der Waals surface area contributed by atoms with E-state index in [1.165, 1.54) is 7.05 Å². The van der Waals surface area contributed by atoms with Crippen molar-refractivity contribution in [3.63, 3.8) is 0 Å². The van der Waals surface area contributed by atoms with E-state index in [1.807, 2.05) is 0 Å². The lowest BCUT2D eigenvalue weighted by Gasteiger charge is -2.24. The van der Waals surface area contributed by atoms with E-state index in [2.05, 4.69) is 25.1 Å². The molecule has 0 fully saturated rings. The highest BCUT2D eigenvalue weighted by Gasteiger charge is 2.29. The second kappa shape index (κ2) is 12.6. The van der Waals surface area contributed by atoms with Crippen LogP contribution in [0.15, 0.2) is 82.7 Å². The molecule has 1 aromatic carbocycles. The van der Waals surface area contributed by atoms with Crippen molar-refractivity contribution in [2.45, 2.75) is 19.4 Å². The molecular weight excluding hydrogens is 478 g/mol. The molecule has 174 valence electrons. The average Bonchev–Trinajstić information content (AvgIpc) is 2.74. The summed E-state index contributed by atoms with van der Waals surface area (Å²) < 4.78 is 40.8. The van der Waals surface area contributed by atoms with Crippen LogP contribution in [0.4, 0.5) is 4.39 Å². The number of aliphatic hydroxyl groups is 1. The number of hydrogen-bond donors (Lipinski definition) is 2. The van der Waals surface area contributed by atoms with Crippen LogP contribution in [0.3, 0.4) is 0 Å². The summed E-state index contributed by atoms with van der Waals surface area (Å²) in [6, 6.07) is 6.30. The number of nitrogens with one attached hydrogen (secondary N) is 1. The third-order valence-corrected chi connectivity index (χ3v) is 6.40. The van der Waals surface area contributed by atoms with Crippen molar-refractivity contribution in [1.29, 1.82) is 0 Å². The maximum absolute atomic E-state index is 13.4. The minimum absolute atomic E-state index is 0.00155. The summed E-state index contributed by atoms with van der Waals surface area (Å²) >= 11 is 11.3. The maximum Gasteiger partial charge on any atom is 0.251 e. The van der Waals surface area contributed by atoms with E-state index in [4.69, 9.17) is 23.2 Å². The lowest BCUT2D eigenvalue weighted by molar-refractivity contribution is 0.0963. The molecule has 10 heteroatoms. The van der Waals surface area contributed by atoms with Crippen LogP contribution in [0.2, 0.25) is 0 Å². The number of nitrogens with zero attached hydrogens (tertiary/aromatic N) is 1. The summed E-state index contributed by atoms with van der Waals surface area (Å²) in [6.45, 7) is 10.1. The number of aliphatic hydroxyl groups excluding tert-OH is 1. The normalized spacial score (nSPS) is 12.5. The standard InChI is InChI=1S/C22H25Cl2FN2O4S/c1-15(5-6-16(2)25)13-27(14-18-7-9-19(10-8-18)22(29)26-4)32(30,31)20(11-12-23)21(28)17(3)24/h7-12,28H,1-3,5-6,13-14H2,4H3,(H,26,29)/b12-11+,21-20-. The molecule has 0 aliphatic rings. The summed E-state index contributed by atoms with van der Waals surface area (Å²) in [4.78, 5) is 11.2. The Labute approximate surface area is 198 Å². The monoisotopic (exact) mass is 502 g/mol. The van der Waals surface area contributed by atoms with Gasteiger partial charge in [0.05, 0.1) is 10.9 Å². The number of rotatable bonds is 12. The molecule has 0 unspecified atom stereocenters. The second-order valence-corrected chi connectivity index (χ2v) is 9.34. The summed E-state index contributed by atoms with van der Waals surface area (Å²) in [5.41, 5.74) is 2.30. The molecule has 0 saturated heterocycles. The predicted octanol–water partition coefficient (Wildman–Crippen LogP) is 5.27. The molecular formula is C22H25Cl2FN2O4S. The van der Waals surface area contributed by atoms with Crippen molar-refractivity contribution >= 4 is 39.1 Å². The number of halogens is 3. The SMILES string of the molecule is C=C(F)CCC(=C)CN(Cc1ccc(C(=O)NC)cc1)S(=O)(=O)C(/C=C/Cl)=C(\O)C(=C)Cl. The first-order valence-corrected chi connectivity index (χ1v) is 11.5. The van der Waals surface area contributed by atoms with E-state index in [0.29, 0.717) is 16.7 Å².